The van der Waals surface area contributed by atoms with Gasteiger partial charge in [-0.15, -0.1) is 11.8 Å². The minimum absolute atomic E-state index is 0.239. The van der Waals surface area contributed by atoms with Gasteiger partial charge in [0.2, 0.25) is 0 Å². The predicted molar refractivity (Wildman–Crippen MR) is 96.5 cm³/mol. The Morgan fingerprint density at radius 2 is 1.71 bits per heavy atom. The Bertz CT molecular complexity index is 887. The minimum Gasteiger partial charge on any atom is -0.458 e. The van der Waals surface area contributed by atoms with Crippen molar-refractivity contribution in [3.8, 4) is 5.88 Å². The quantitative estimate of drug-likeness (QED) is 0.522. The van der Waals surface area contributed by atoms with Crippen LogP contribution in [0.15, 0.2) is 24.4 Å². The molecule has 2 aromatic rings. The van der Waals surface area contributed by atoms with Crippen LogP contribution in [-0.4, -0.2) is 62.2 Å². The second kappa shape index (κ2) is 8.46. The van der Waals surface area contributed by atoms with E-state index in [1.165, 1.54) is 37.0 Å². The number of carbonyl (C=O) groups excluding carboxylic acids is 3. The van der Waals surface area contributed by atoms with Crippen molar-refractivity contribution in [2.24, 2.45) is 0 Å². The molecule has 150 valence electrons. The van der Waals surface area contributed by atoms with E-state index in [1.807, 2.05) is 6.07 Å². The Morgan fingerprint density at radius 1 is 1.04 bits per heavy atom. The molecule has 4 atom stereocenters. The molecule has 0 bridgehead atoms. The van der Waals surface area contributed by atoms with E-state index in [1.54, 1.807) is 18.3 Å². The molecule has 0 aromatic carbocycles. The molecule has 0 unspecified atom stereocenters. The maximum Gasteiger partial charge on any atom is 0.303 e. The van der Waals surface area contributed by atoms with Gasteiger partial charge in [-0.25, -0.2) is 4.52 Å². The highest BCUT2D eigenvalue weighted by Gasteiger charge is 2.48. The van der Waals surface area contributed by atoms with Gasteiger partial charge in [0.05, 0.1) is 0 Å². The Hall–Kier alpha value is -2.82. The molecule has 1 aliphatic heterocycles. The Labute approximate surface area is 164 Å². The molecule has 11 heteroatoms. The van der Waals surface area contributed by atoms with Crippen molar-refractivity contribution in [2.45, 2.75) is 44.5 Å². The normalized spacial score (nSPS) is 24.4. The van der Waals surface area contributed by atoms with E-state index in [2.05, 4.69) is 10.3 Å². The molecule has 1 aliphatic rings. The summed E-state index contributed by atoms with van der Waals surface area (Å²) >= 11 is 1.26. The molecule has 2 aromatic heterocycles. The molecule has 0 radical (unpaired) electrons. The number of nitrogens with zero attached hydrogens (tertiary/aromatic N) is 3. The number of esters is 3. The van der Waals surface area contributed by atoms with Crippen molar-refractivity contribution >= 4 is 35.2 Å². The third kappa shape index (κ3) is 4.53. The fourth-order valence-electron chi connectivity index (χ4n) is 2.83. The van der Waals surface area contributed by atoms with Crippen LogP contribution >= 0.6 is 11.8 Å². The molecule has 1 fully saturated rings. The largest absolute Gasteiger partial charge is 0.458 e. The maximum absolute atomic E-state index is 11.7. The molecule has 0 spiro atoms. The highest BCUT2D eigenvalue weighted by Crippen LogP contribution is 2.34. The number of carbonyl (C=O) groups is 3. The molecule has 3 rings (SSSR count). The monoisotopic (exact) mass is 409 g/mol. The van der Waals surface area contributed by atoms with Gasteiger partial charge in [0.25, 0.3) is 5.88 Å². The molecule has 10 nitrogen and oxygen atoms in total. The van der Waals surface area contributed by atoms with E-state index in [0.29, 0.717) is 5.52 Å². The number of pyridine rings is 1. The lowest BCUT2D eigenvalue weighted by molar-refractivity contribution is -0.186. The van der Waals surface area contributed by atoms with Crippen molar-refractivity contribution in [1.82, 2.24) is 14.8 Å². The minimum atomic E-state index is -1.02. The van der Waals surface area contributed by atoms with Crippen molar-refractivity contribution in [3.63, 3.8) is 0 Å². The number of hydrogen-bond donors (Lipinski definition) is 0. The number of thioether (sulfide) groups is 1. The zero-order valence-electron chi connectivity index (χ0n) is 15.4. The summed E-state index contributed by atoms with van der Waals surface area (Å²) < 4.78 is 23.4. The first-order valence-corrected chi connectivity index (χ1v) is 9.50. The van der Waals surface area contributed by atoms with Crippen LogP contribution in [0.5, 0.6) is 5.88 Å². The highest BCUT2D eigenvalue weighted by atomic mass is 32.2. The number of ether oxygens (including phenoxy) is 4. The Morgan fingerprint density at radius 3 is 2.39 bits per heavy atom. The average molecular weight is 409 g/mol. The number of rotatable bonds is 5. The maximum atomic E-state index is 11.7. The summed E-state index contributed by atoms with van der Waals surface area (Å²) in [6.45, 7) is 3.71. The molecular weight excluding hydrogens is 390 g/mol. The first-order valence-electron chi connectivity index (χ1n) is 8.45. The predicted octanol–water partition coefficient (Wildman–Crippen LogP) is 0.976. The van der Waals surface area contributed by atoms with Gasteiger partial charge in [-0.2, -0.15) is 0 Å². The van der Waals surface area contributed by atoms with Crippen molar-refractivity contribution in [3.05, 3.63) is 24.4 Å². The first-order chi connectivity index (χ1) is 13.3. The van der Waals surface area contributed by atoms with E-state index in [4.69, 9.17) is 18.9 Å². The van der Waals surface area contributed by atoms with Gasteiger partial charge in [-0.05, 0) is 12.1 Å². The van der Waals surface area contributed by atoms with Crippen molar-refractivity contribution in [2.75, 3.05) is 5.75 Å². The summed E-state index contributed by atoms with van der Waals surface area (Å²) in [6, 6.07) is 5.37. The number of hydrogen-bond acceptors (Lipinski definition) is 10. The van der Waals surface area contributed by atoms with Crippen LogP contribution in [-0.2, 0) is 28.6 Å². The third-order valence-corrected chi connectivity index (χ3v) is 5.04. The van der Waals surface area contributed by atoms with Crippen molar-refractivity contribution < 1.29 is 33.3 Å². The first kappa shape index (κ1) is 19.9. The lowest BCUT2D eigenvalue weighted by Crippen LogP contribution is -2.55. The van der Waals surface area contributed by atoms with Crippen LogP contribution in [0, 0.1) is 0 Å². The number of aromatic nitrogens is 3. The van der Waals surface area contributed by atoms with Gasteiger partial charge in [-0.3, -0.25) is 14.4 Å². The van der Waals surface area contributed by atoms with Crippen LogP contribution in [0.4, 0.5) is 0 Å². The smallest absolute Gasteiger partial charge is 0.303 e. The summed E-state index contributed by atoms with van der Waals surface area (Å²) in [4.78, 5) is 34.7. The summed E-state index contributed by atoms with van der Waals surface area (Å²) in [5.74, 6) is -1.21. The summed E-state index contributed by atoms with van der Waals surface area (Å²) in [5, 5.41) is 7.96. The van der Waals surface area contributed by atoms with Gasteiger partial charge in [0.1, 0.15) is 5.52 Å². The fraction of sp³-hybridized carbons (Fsp3) is 0.471. The average Bonchev–Trinajstić information content (AvgIpc) is 3.02. The highest BCUT2D eigenvalue weighted by molar-refractivity contribution is 7.99. The second-order valence-corrected chi connectivity index (χ2v) is 7.17. The van der Waals surface area contributed by atoms with Crippen LogP contribution in [0.1, 0.15) is 20.8 Å². The van der Waals surface area contributed by atoms with Crippen molar-refractivity contribution in [1.29, 1.82) is 0 Å². The van der Waals surface area contributed by atoms with E-state index >= 15 is 0 Å². The Balaban J connectivity index is 1.89. The second-order valence-electron chi connectivity index (χ2n) is 6.04. The van der Waals surface area contributed by atoms with Gasteiger partial charge in [0, 0.05) is 32.7 Å². The summed E-state index contributed by atoms with van der Waals surface area (Å²) in [5.41, 5.74) is -0.128. The molecule has 28 heavy (non-hydrogen) atoms. The van der Waals surface area contributed by atoms with Gasteiger partial charge in [0.15, 0.2) is 23.7 Å². The summed E-state index contributed by atoms with van der Waals surface area (Å²) in [6.07, 6.45) is -1.10. The number of fused-ring (bicyclic) bond motifs is 1. The lowest BCUT2D eigenvalue weighted by atomic mass is 10.1. The SMILES string of the molecule is CC(=O)O[C@@H]1[C@@H](OC(C)=O)[C@H](OC(C)=O)CS[C@H]1Oc1nnn2ccccc12. The molecule has 0 amide bonds. The Kier molecular flexibility index (Phi) is 6.02. The fourth-order valence-corrected chi connectivity index (χ4v) is 4.02. The van der Waals surface area contributed by atoms with E-state index in [0.717, 1.165) is 0 Å². The van der Waals surface area contributed by atoms with Gasteiger partial charge in [-0.1, -0.05) is 16.4 Å². The molecule has 1 saturated heterocycles. The molecular formula is C17H19N3O7S. The van der Waals surface area contributed by atoms with E-state index in [-0.39, 0.29) is 11.6 Å². The zero-order valence-corrected chi connectivity index (χ0v) is 16.3. The van der Waals surface area contributed by atoms with Gasteiger partial charge < -0.3 is 18.9 Å². The van der Waals surface area contributed by atoms with E-state index in [9.17, 15) is 14.4 Å². The molecule has 3 heterocycles. The van der Waals surface area contributed by atoms with Crippen LogP contribution in [0.2, 0.25) is 0 Å². The third-order valence-electron chi connectivity index (χ3n) is 3.82. The standard InChI is InChI=1S/C17H19N3O7S/c1-9(21)24-13-8-28-17(15(26-11(3)23)14(13)25-10(2)22)27-16-12-6-4-5-7-20(12)19-18-16/h4-7,13-15,17H,8H2,1-3H3/t13-,14+,15-,17-/m1/s1. The van der Waals surface area contributed by atoms with E-state index < -0.39 is 41.7 Å². The zero-order chi connectivity index (χ0) is 20.3. The van der Waals surface area contributed by atoms with Crippen LogP contribution < -0.4 is 4.74 Å². The van der Waals surface area contributed by atoms with Crippen LogP contribution in [0.25, 0.3) is 5.52 Å². The molecule has 0 N–H and O–H groups in total. The summed E-state index contributed by atoms with van der Waals surface area (Å²) in [7, 11) is 0. The lowest BCUT2D eigenvalue weighted by Gasteiger charge is -2.39. The molecule has 0 aliphatic carbocycles. The van der Waals surface area contributed by atoms with Gasteiger partial charge >= 0.3 is 17.9 Å². The van der Waals surface area contributed by atoms with Crippen LogP contribution in [0.3, 0.4) is 0 Å². The topological polar surface area (TPSA) is 118 Å². The molecule has 0 saturated carbocycles.